The summed E-state index contributed by atoms with van der Waals surface area (Å²) in [6, 6.07) is 8.76. The van der Waals surface area contributed by atoms with Gasteiger partial charge in [0.25, 0.3) is 0 Å². The van der Waals surface area contributed by atoms with Crippen molar-refractivity contribution in [1.82, 2.24) is 0 Å². The molecule has 78 valence electrons. The molecule has 0 aromatic heterocycles. The summed E-state index contributed by atoms with van der Waals surface area (Å²) in [5.74, 6) is 0. The molecule has 1 rings (SSSR count). The van der Waals surface area contributed by atoms with E-state index in [4.69, 9.17) is 5.73 Å². The first kappa shape index (κ1) is 11.3. The Morgan fingerprint density at radius 3 is 2.57 bits per heavy atom. The lowest BCUT2D eigenvalue weighted by Gasteiger charge is -2.25. The van der Waals surface area contributed by atoms with Gasteiger partial charge in [-0.25, -0.2) is 0 Å². The maximum absolute atomic E-state index is 5.54. The number of hydrogen-bond donors (Lipinski definition) is 1. The molecule has 0 aliphatic heterocycles. The molecule has 0 fully saturated rings. The quantitative estimate of drug-likeness (QED) is 0.778. The molecule has 0 amide bonds. The largest absolute Gasteiger partial charge is 0.330 e. The molecule has 2 N–H and O–H groups in total. The molecule has 0 unspecified atom stereocenters. The van der Waals surface area contributed by atoms with Crippen molar-refractivity contribution < 1.29 is 0 Å². The molecule has 0 radical (unpaired) electrons. The molecule has 14 heavy (non-hydrogen) atoms. The van der Waals surface area contributed by atoms with Gasteiger partial charge in [0.1, 0.15) is 0 Å². The fourth-order valence-electron chi connectivity index (χ4n) is 1.75. The topological polar surface area (TPSA) is 26.0 Å². The van der Waals surface area contributed by atoms with Crippen molar-refractivity contribution in [2.45, 2.75) is 39.0 Å². The van der Waals surface area contributed by atoms with Gasteiger partial charge in [0, 0.05) is 0 Å². The number of benzene rings is 1. The van der Waals surface area contributed by atoms with Gasteiger partial charge in [0.15, 0.2) is 0 Å². The van der Waals surface area contributed by atoms with Crippen molar-refractivity contribution in [3.05, 3.63) is 35.4 Å². The van der Waals surface area contributed by atoms with Crippen LogP contribution in [0.2, 0.25) is 0 Å². The van der Waals surface area contributed by atoms with E-state index < -0.39 is 0 Å². The van der Waals surface area contributed by atoms with Gasteiger partial charge >= 0.3 is 0 Å². The summed E-state index contributed by atoms with van der Waals surface area (Å²) in [5, 5.41) is 0. The van der Waals surface area contributed by atoms with Crippen LogP contribution in [0.25, 0.3) is 0 Å². The van der Waals surface area contributed by atoms with Gasteiger partial charge in [-0.1, -0.05) is 43.7 Å². The van der Waals surface area contributed by atoms with Gasteiger partial charge in [-0.15, -0.1) is 0 Å². The fourth-order valence-corrected chi connectivity index (χ4v) is 1.75. The van der Waals surface area contributed by atoms with Crippen molar-refractivity contribution in [2.24, 2.45) is 5.73 Å². The molecule has 1 nitrogen and oxygen atoms in total. The normalized spacial score (nSPS) is 11.7. The third-order valence-electron chi connectivity index (χ3n) is 2.81. The minimum atomic E-state index is 0.255. The van der Waals surface area contributed by atoms with Crippen LogP contribution in [0.3, 0.4) is 0 Å². The first-order valence-electron chi connectivity index (χ1n) is 5.33. The number of nitrogens with two attached hydrogens (primary N) is 1. The van der Waals surface area contributed by atoms with Crippen LogP contribution in [0.15, 0.2) is 24.3 Å². The maximum Gasteiger partial charge on any atom is -0.00770 e. The average molecular weight is 191 g/mol. The summed E-state index contributed by atoms with van der Waals surface area (Å²) < 4.78 is 0. The highest BCUT2D eigenvalue weighted by molar-refractivity contribution is 5.28. The summed E-state index contributed by atoms with van der Waals surface area (Å²) >= 11 is 0. The predicted molar refractivity (Wildman–Crippen MR) is 62.5 cm³/mol. The number of rotatable bonds is 4. The highest BCUT2D eigenvalue weighted by atomic mass is 14.5. The SMILES string of the molecule is Cc1cccc(C(C)(C)CCCN)c1. The average Bonchev–Trinajstić information content (AvgIpc) is 2.15. The Labute approximate surface area is 87.3 Å². The van der Waals surface area contributed by atoms with E-state index in [-0.39, 0.29) is 5.41 Å². The number of aryl methyl sites for hydroxylation is 1. The van der Waals surface area contributed by atoms with Crippen LogP contribution in [0.5, 0.6) is 0 Å². The minimum absolute atomic E-state index is 0.255. The molecular formula is C13H21N. The molecule has 0 saturated carbocycles. The van der Waals surface area contributed by atoms with Gasteiger partial charge in [0.05, 0.1) is 0 Å². The van der Waals surface area contributed by atoms with Crippen LogP contribution in [-0.2, 0) is 5.41 Å². The summed E-state index contributed by atoms with van der Waals surface area (Å²) in [6.07, 6.45) is 2.26. The molecule has 1 heteroatoms. The molecule has 1 aromatic carbocycles. The second kappa shape index (κ2) is 4.61. The molecule has 0 spiro atoms. The van der Waals surface area contributed by atoms with Gasteiger partial charge < -0.3 is 5.73 Å². The summed E-state index contributed by atoms with van der Waals surface area (Å²) in [4.78, 5) is 0. The lowest BCUT2D eigenvalue weighted by atomic mass is 9.80. The Kier molecular flexibility index (Phi) is 3.70. The minimum Gasteiger partial charge on any atom is -0.330 e. The molecule has 0 bridgehead atoms. The third-order valence-corrected chi connectivity index (χ3v) is 2.81. The Morgan fingerprint density at radius 1 is 1.29 bits per heavy atom. The van der Waals surface area contributed by atoms with Gasteiger partial charge in [-0.05, 0) is 37.3 Å². The second-order valence-electron chi connectivity index (χ2n) is 4.65. The smallest absolute Gasteiger partial charge is 0.00770 e. The van der Waals surface area contributed by atoms with Gasteiger partial charge in [-0.3, -0.25) is 0 Å². The highest BCUT2D eigenvalue weighted by Crippen LogP contribution is 2.28. The van der Waals surface area contributed by atoms with Crippen LogP contribution in [0.4, 0.5) is 0 Å². The summed E-state index contributed by atoms with van der Waals surface area (Å²) in [7, 11) is 0. The molecule has 0 atom stereocenters. The van der Waals surface area contributed by atoms with Crippen molar-refractivity contribution >= 4 is 0 Å². The van der Waals surface area contributed by atoms with E-state index in [0.29, 0.717) is 0 Å². The molecule has 0 aliphatic rings. The van der Waals surface area contributed by atoms with E-state index in [2.05, 4.69) is 45.0 Å². The molecule has 1 aromatic rings. The summed E-state index contributed by atoms with van der Waals surface area (Å²) in [6.45, 7) is 7.51. The Bertz CT molecular complexity index is 289. The monoisotopic (exact) mass is 191 g/mol. The lowest BCUT2D eigenvalue weighted by molar-refractivity contribution is 0.464. The zero-order valence-corrected chi connectivity index (χ0v) is 9.51. The van der Waals surface area contributed by atoms with Crippen molar-refractivity contribution in [3.8, 4) is 0 Å². The van der Waals surface area contributed by atoms with Crippen molar-refractivity contribution in [1.29, 1.82) is 0 Å². The highest BCUT2D eigenvalue weighted by Gasteiger charge is 2.19. The maximum atomic E-state index is 5.54. The summed E-state index contributed by atoms with van der Waals surface area (Å²) in [5.41, 5.74) is 8.56. The molecule has 0 saturated heterocycles. The molecule has 0 aliphatic carbocycles. The Morgan fingerprint density at radius 2 is 2.00 bits per heavy atom. The molecule has 0 heterocycles. The molecular weight excluding hydrogens is 170 g/mol. The van der Waals surface area contributed by atoms with Crippen LogP contribution >= 0.6 is 0 Å². The van der Waals surface area contributed by atoms with Crippen LogP contribution in [0, 0.1) is 6.92 Å². The van der Waals surface area contributed by atoms with E-state index in [1.54, 1.807) is 0 Å². The van der Waals surface area contributed by atoms with Crippen LogP contribution < -0.4 is 5.73 Å². The van der Waals surface area contributed by atoms with Gasteiger partial charge in [-0.2, -0.15) is 0 Å². The van der Waals surface area contributed by atoms with E-state index >= 15 is 0 Å². The predicted octanol–water partition coefficient (Wildman–Crippen LogP) is 3.01. The Balaban J connectivity index is 2.80. The van der Waals surface area contributed by atoms with E-state index in [1.807, 2.05) is 0 Å². The van der Waals surface area contributed by atoms with E-state index in [1.165, 1.54) is 11.1 Å². The second-order valence-corrected chi connectivity index (χ2v) is 4.65. The van der Waals surface area contributed by atoms with Crippen molar-refractivity contribution in [3.63, 3.8) is 0 Å². The number of hydrogen-bond acceptors (Lipinski definition) is 1. The zero-order valence-electron chi connectivity index (χ0n) is 9.51. The van der Waals surface area contributed by atoms with Gasteiger partial charge in [0.2, 0.25) is 0 Å². The van der Waals surface area contributed by atoms with E-state index in [0.717, 1.165) is 19.4 Å². The van der Waals surface area contributed by atoms with Crippen LogP contribution in [-0.4, -0.2) is 6.54 Å². The van der Waals surface area contributed by atoms with E-state index in [9.17, 15) is 0 Å². The lowest BCUT2D eigenvalue weighted by Crippen LogP contribution is -2.18. The first-order chi connectivity index (χ1) is 6.56. The Hall–Kier alpha value is -0.820. The zero-order chi connectivity index (χ0) is 10.6. The fraction of sp³-hybridized carbons (Fsp3) is 0.538. The third kappa shape index (κ3) is 2.85. The van der Waals surface area contributed by atoms with Crippen molar-refractivity contribution in [2.75, 3.05) is 6.54 Å². The first-order valence-corrected chi connectivity index (χ1v) is 5.33. The van der Waals surface area contributed by atoms with Crippen LogP contribution in [0.1, 0.15) is 37.8 Å². The standard InChI is InChI=1S/C13H21N/c1-11-6-4-7-12(10-11)13(2,3)8-5-9-14/h4,6-7,10H,5,8-9,14H2,1-3H3.